The fourth-order valence-corrected chi connectivity index (χ4v) is 2.22. The lowest BCUT2D eigenvalue weighted by atomic mass is 10.1. The molecular weight excluding hydrogens is 322 g/mol. The number of aromatic nitrogens is 2. The van der Waals surface area contributed by atoms with Crippen molar-refractivity contribution >= 4 is 47.2 Å². The Labute approximate surface area is 136 Å². The van der Waals surface area contributed by atoms with E-state index in [4.69, 9.17) is 11.6 Å². The van der Waals surface area contributed by atoms with Gasteiger partial charge in [-0.2, -0.15) is 24.9 Å². The molecule has 1 aromatic rings. The van der Waals surface area contributed by atoms with Crippen molar-refractivity contribution in [3.05, 3.63) is 11.8 Å². The number of hydrazone groups is 1. The molecule has 0 saturated carbocycles. The van der Waals surface area contributed by atoms with E-state index in [0.717, 1.165) is 0 Å². The minimum absolute atomic E-state index is 0.0734. The monoisotopic (exact) mass is 335 g/mol. The van der Waals surface area contributed by atoms with Crippen molar-refractivity contribution in [2.75, 3.05) is 12.4 Å². The summed E-state index contributed by atoms with van der Waals surface area (Å²) in [5, 5.41) is 11.7. The van der Waals surface area contributed by atoms with Gasteiger partial charge in [-0.1, -0.05) is 0 Å². The average Bonchev–Trinajstić information content (AvgIpc) is 3.03. The molecule has 3 rings (SSSR count). The number of nitrogens with zero attached hydrogens (tertiary/aromatic N) is 6. The van der Waals surface area contributed by atoms with Gasteiger partial charge in [0, 0.05) is 19.3 Å². The van der Waals surface area contributed by atoms with Crippen molar-refractivity contribution in [1.82, 2.24) is 14.8 Å². The molecule has 0 aromatic carbocycles. The lowest BCUT2D eigenvalue weighted by Gasteiger charge is -2.17. The van der Waals surface area contributed by atoms with Crippen molar-refractivity contribution in [2.45, 2.75) is 19.2 Å². The summed E-state index contributed by atoms with van der Waals surface area (Å²) in [4.78, 5) is 32.2. The maximum atomic E-state index is 12.1. The molecule has 9 nitrogen and oxygen atoms in total. The van der Waals surface area contributed by atoms with E-state index in [9.17, 15) is 9.59 Å². The van der Waals surface area contributed by atoms with E-state index in [-0.39, 0.29) is 17.8 Å². The molecule has 1 N–H and O–H groups in total. The number of alkyl halides is 1. The minimum atomic E-state index is -0.710. The van der Waals surface area contributed by atoms with E-state index in [1.54, 1.807) is 27.0 Å². The van der Waals surface area contributed by atoms with E-state index in [1.165, 1.54) is 15.9 Å². The molecule has 2 unspecified atom stereocenters. The first-order valence-electron chi connectivity index (χ1n) is 6.87. The SMILES string of the molecule is Cc1cc(NC(=O)C(C)Cl)n(C2=NC(=O)C3C=NN(C)C3=N2)n1. The van der Waals surface area contributed by atoms with Crippen LogP contribution in [-0.2, 0) is 9.59 Å². The van der Waals surface area contributed by atoms with E-state index in [1.807, 2.05) is 0 Å². The Balaban J connectivity index is 1.98. The highest BCUT2D eigenvalue weighted by atomic mass is 35.5. The van der Waals surface area contributed by atoms with Gasteiger partial charge in [0.15, 0.2) is 0 Å². The Morgan fingerprint density at radius 1 is 1.43 bits per heavy atom. The van der Waals surface area contributed by atoms with Gasteiger partial charge in [-0.3, -0.25) is 14.6 Å². The Hall–Kier alpha value is -2.55. The maximum Gasteiger partial charge on any atom is 0.265 e. The van der Waals surface area contributed by atoms with Gasteiger partial charge in [-0.05, 0) is 13.8 Å². The van der Waals surface area contributed by atoms with E-state index in [2.05, 4.69) is 25.5 Å². The van der Waals surface area contributed by atoms with Crippen molar-refractivity contribution in [2.24, 2.45) is 21.0 Å². The molecule has 23 heavy (non-hydrogen) atoms. The molecule has 0 bridgehead atoms. The molecule has 2 atom stereocenters. The van der Waals surface area contributed by atoms with Gasteiger partial charge < -0.3 is 5.32 Å². The van der Waals surface area contributed by atoms with Gasteiger partial charge in [0.05, 0.1) is 5.69 Å². The van der Waals surface area contributed by atoms with Crippen LogP contribution in [-0.4, -0.2) is 57.0 Å². The lowest BCUT2D eigenvalue weighted by Crippen LogP contribution is -2.35. The van der Waals surface area contributed by atoms with Crippen molar-refractivity contribution in [1.29, 1.82) is 0 Å². The van der Waals surface area contributed by atoms with E-state index >= 15 is 0 Å². The fraction of sp³-hybridized carbons (Fsp3) is 0.385. The highest BCUT2D eigenvalue weighted by molar-refractivity contribution is 6.32. The Morgan fingerprint density at radius 3 is 2.87 bits per heavy atom. The number of hydrogen-bond donors (Lipinski definition) is 1. The van der Waals surface area contributed by atoms with Gasteiger partial charge in [0.1, 0.15) is 22.9 Å². The number of amidine groups is 1. The summed E-state index contributed by atoms with van der Waals surface area (Å²) in [6.45, 7) is 3.31. The number of amides is 2. The number of carbonyl (C=O) groups excluding carboxylic acids is 2. The van der Waals surface area contributed by atoms with Crippen molar-refractivity contribution in [3.63, 3.8) is 0 Å². The number of anilines is 1. The van der Waals surface area contributed by atoms with Crippen molar-refractivity contribution < 1.29 is 9.59 Å². The third-order valence-corrected chi connectivity index (χ3v) is 3.52. The largest absolute Gasteiger partial charge is 0.309 e. The molecule has 2 aliphatic heterocycles. The van der Waals surface area contributed by atoms with Gasteiger partial charge in [-0.25, -0.2) is 0 Å². The van der Waals surface area contributed by atoms with Crippen molar-refractivity contribution in [3.8, 4) is 0 Å². The molecule has 10 heteroatoms. The molecule has 0 spiro atoms. The number of nitrogens with one attached hydrogen (secondary N) is 1. The average molecular weight is 336 g/mol. The number of fused-ring (bicyclic) bond motifs is 1. The molecule has 0 aliphatic carbocycles. The van der Waals surface area contributed by atoms with Gasteiger partial charge >= 0.3 is 0 Å². The molecule has 1 aromatic heterocycles. The summed E-state index contributed by atoms with van der Waals surface area (Å²) >= 11 is 5.76. The predicted octanol–water partition coefficient (Wildman–Crippen LogP) is 0.448. The smallest absolute Gasteiger partial charge is 0.265 e. The lowest BCUT2D eigenvalue weighted by molar-refractivity contribution is -0.118. The van der Waals surface area contributed by atoms with E-state index in [0.29, 0.717) is 17.3 Å². The second-order valence-electron chi connectivity index (χ2n) is 5.17. The highest BCUT2D eigenvalue weighted by Crippen LogP contribution is 2.19. The second kappa shape index (κ2) is 5.58. The molecule has 2 amide bonds. The van der Waals surface area contributed by atoms with Gasteiger partial charge in [0.2, 0.25) is 5.91 Å². The molecular formula is C13H14ClN7O2. The zero-order chi connectivity index (χ0) is 16.7. The first kappa shape index (κ1) is 15.3. The quantitative estimate of drug-likeness (QED) is 0.792. The first-order chi connectivity index (χ1) is 10.9. The van der Waals surface area contributed by atoms with Crippen LogP contribution in [0, 0.1) is 12.8 Å². The number of carbonyl (C=O) groups is 2. The van der Waals surface area contributed by atoms with Crippen LogP contribution in [0.3, 0.4) is 0 Å². The predicted molar refractivity (Wildman–Crippen MR) is 85.9 cm³/mol. The number of rotatable bonds is 2. The van der Waals surface area contributed by atoms with Crippen LogP contribution in [0.2, 0.25) is 0 Å². The van der Waals surface area contributed by atoms with Crippen LogP contribution in [0.5, 0.6) is 0 Å². The molecule has 0 fully saturated rings. The Kier molecular flexibility index (Phi) is 3.72. The van der Waals surface area contributed by atoms with Crippen LogP contribution < -0.4 is 5.32 Å². The van der Waals surface area contributed by atoms with Crippen LogP contribution >= 0.6 is 11.6 Å². The third-order valence-electron chi connectivity index (χ3n) is 3.32. The minimum Gasteiger partial charge on any atom is -0.309 e. The number of aryl methyl sites for hydroxylation is 1. The Morgan fingerprint density at radius 2 is 2.17 bits per heavy atom. The summed E-state index contributed by atoms with van der Waals surface area (Å²) in [7, 11) is 1.69. The third kappa shape index (κ3) is 2.74. The maximum absolute atomic E-state index is 12.1. The van der Waals surface area contributed by atoms with Crippen LogP contribution in [0.4, 0.5) is 5.82 Å². The molecule has 0 radical (unpaired) electrons. The number of hydrogen-bond acceptors (Lipinski definition) is 6. The summed E-state index contributed by atoms with van der Waals surface area (Å²) in [5.41, 5.74) is 0.635. The van der Waals surface area contributed by atoms with Crippen LogP contribution in [0.1, 0.15) is 12.6 Å². The topological polar surface area (TPSA) is 104 Å². The molecule has 2 aliphatic rings. The molecule has 3 heterocycles. The van der Waals surface area contributed by atoms with Gasteiger partial charge in [-0.15, -0.1) is 11.6 Å². The molecule has 0 saturated heterocycles. The van der Waals surface area contributed by atoms with Crippen LogP contribution in [0.15, 0.2) is 21.2 Å². The van der Waals surface area contributed by atoms with E-state index < -0.39 is 11.3 Å². The summed E-state index contributed by atoms with van der Waals surface area (Å²) < 4.78 is 1.31. The first-order valence-corrected chi connectivity index (χ1v) is 7.31. The standard InChI is InChI=1S/C13H14ClN7O2/c1-6-4-9(16-11(22)7(2)14)21(19-6)13-17-10-8(12(23)18-13)5-15-20(10)3/h4-5,7-8H,1-3H3,(H,16,22). The summed E-state index contributed by atoms with van der Waals surface area (Å²) in [5.74, 6) is -0.450. The Bertz CT molecular complexity index is 777. The number of aliphatic imine (C=N–C) groups is 2. The summed E-state index contributed by atoms with van der Waals surface area (Å²) in [6, 6.07) is 1.64. The highest BCUT2D eigenvalue weighted by Gasteiger charge is 2.35. The fourth-order valence-electron chi connectivity index (χ4n) is 2.17. The normalized spacial score (nSPS) is 21.0. The summed E-state index contributed by atoms with van der Waals surface area (Å²) in [6.07, 6.45) is 1.49. The second-order valence-corrected chi connectivity index (χ2v) is 5.83. The zero-order valence-corrected chi connectivity index (χ0v) is 13.4. The zero-order valence-electron chi connectivity index (χ0n) is 12.7. The van der Waals surface area contributed by atoms with Crippen LogP contribution in [0.25, 0.3) is 0 Å². The molecule has 120 valence electrons. The number of halogens is 1. The van der Waals surface area contributed by atoms with Gasteiger partial charge in [0.25, 0.3) is 11.9 Å².